The number of unbranched alkanes of at least 4 members (excludes halogenated alkanes) is 4. The van der Waals surface area contributed by atoms with E-state index >= 15 is 0 Å². The topological polar surface area (TPSA) is 104 Å². The van der Waals surface area contributed by atoms with Crippen LogP contribution in [0.4, 0.5) is 0 Å². The molecule has 9 nitrogen and oxygen atoms in total. The number of benzene rings is 1. The van der Waals surface area contributed by atoms with Gasteiger partial charge in [0.25, 0.3) is 11.1 Å². The number of aromatic hydroxyl groups is 1. The van der Waals surface area contributed by atoms with E-state index in [4.69, 9.17) is 0 Å². The van der Waals surface area contributed by atoms with Gasteiger partial charge in [-0.05, 0) is 31.2 Å². The highest BCUT2D eigenvalue weighted by Crippen LogP contribution is 2.23. The Morgan fingerprint density at radius 1 is 0.784 bits per heavy atom. The van der Waals surface area contributed by atoms with E-state index in [0.29, 0.717) is 19.4 Å². The summed E-state index contributed by atoms with van der Waals surface area (Å²) in [7, 11) is 0. The van der Waals surface area contributed by atoms with Crippen LogP contribution in [0, 0.1) is 0 Å². The molecule has 198 valence electrons. The van der Waals surface area contributed by atoms with Gasteiger partial charge in [-0.3, -0.25) is 23.3 Å². The first-order valence-electron chi connectivity index (χ1n) is 13.5. The van der Waals surface area contributed by atoms with Crippen molar-refractivity contribution in [1.29, 1.82) is 0 Å². The van der Waals surface area contributed by atoms with E-state index in [-0.39, 0.29) is 41.5 Å². The number of fused-ring (bicyclic) bond motifs is 3. The molecule has 0 amide bonds. The van der Waals surface area contributed by atoms with Crippen LogP contribution in [0.5, 0.6) is 5.88 Å². The summed E-state index contributed by atoms with van der Waals surface area (Å²) in [5.41, 5.74) is 0.112. The lowest BCUT2D eigenvalue weighted by molar-refractivity contribution is 0.410. The van der Waals surface area contributed by atoms with Crippen LogP contribution in [0.25, 0.3) is 16.9 Å². The molecule has 37 heavy (non-hydrogen) atoms. The maximum absolute atomic E-state index is 13.8. The Hall–Kier alpha value is -3.62. The Morgan fingerprint density at radius 2 is 1.43 bits per heavy atom. The van der Waals surface area contributed by atoms with E-state index in [9.17, 15) is 19.5 Å². The SMILES string of the molecule is CCCCCc1c(O)n(Cc2ccccc2)c2nc3c(c(=O)n(CCCC)c(=O)n3CCCC)n2c1=O. The van der Waals surface area contributed by atoms with Crippen molar-refractivity contribution in [3.8, 4) is 5.88 Å². The summed E-state index contributed by atoms with van der Waals surface area (Å²) in [4.78, 5) is 45.6. The van der Waals surface area contributed by atoms with Crippen molar-refractivity contribution < 1.29 is 5.11 Å². The van der Waals surface area contributed by atoms with Crippen molar-refractivity contribution in [3.05, 3.63) is 72.7 Å². The second kappa shape index (κ2) is 11.6. The number of rotatable bonds is 12. The van der Waals surface area contributed by atoms with Crippen LogP contribution < -0.4 is 16.8 Å². The first-order chi connectivity index (χ1) is 17.9. The molecule has 3 aromatic heterocycles. The van der Waals surface area contributed by atoms with Gasteiger partial charge >= 0.3 is 5.69 Å². The van der Waals surface area contributed by atoms with Crippen molar-refractivity contribution in [3.63, 3.8) is 0 Å². The second-order valence-corrected chi connectivity index (χ2v) is 9.65. The number of aromatic nitrogens is 5. The second-order valence-electron chi connectivity index (χ2n) is 9.65. The number of aryl methyl sites for hydroxylation is 1. The van der Waals surface area contributed by atoms with Crippen LogP contribution in [0.3, 0.4) is 0 Å². The van der Waals surface area contributed by atoms with Crippen LogP contribution in [-0.2, 0) is 26.1 Å². The molecule has 0 spiro atoms. The highest BCUT2D eigenvalue weighted by molar-refractivity contribution is 5.75. The van der Waals surface area contributed by atoms with Crippen molar-refractivity contribution in [1.82, 2.24) is 23.1 Å². The van der Waals surface area contributed by atoms with Gasteiger partial charge in [-0.2, -0.15) is 4.98 Å². The summed E-state index contributed by atoms with van der Waals surface area (Å²) in [6, 6.07) is 9.59. The fraction of sp³-hybridized carbons (Fsp3) is 0.500. The van der Waals surface area contributed by atoms with E-state index in [1.54, 1.807) is 4.57 Å². The van der Waals surface area contributed by atoms with Gasteiger partial charge in [-0.25, -0.2) is 9.20 Å². The molecule has 0 bridgehead atoms. The molecule has 1 N–H and O–H groups in total. The van der Waals surface area contributed by atoms with Crippen molar-refractivity contribution in [2.75, 3.05) is 0 Å². The zero-order valence-corrected chi connectivity index (χ0v) is 22.1. The third-order valence-corrected chi connectivity index (χ3v) is 6.92. The average Bonchev–Trinajstić information content (AvgIpc) is 3.30. The van der Waals surface area contributed by atoms with Crippen LogP contribution in [-0.4, -0.2) is 28.2 Å². The normalized spacial score (nSPS) is 11.6. The molecular formula is C28H37N5O4. The molecule has 4 aromatic rings. The van der Waals surface area contributed by atoms with Crippen molar-refractivity contribution in [2.24, 2.45) is 0 Å². The molecular weight excluding hydrogens is 470 g/mol. The highest BCUT2D eigenvalue weighted by atomic mass is 16.3. The predicted octanol–water partition coefficient (Wildman–Crippen LogP) is 4.06. The number of nitrogens with zero attached hydrogens (tertiary/aromatic N) is 5. The van der Waals surface area contributed by atoms with Gasteiger partial charge in [-0.1, -0.05) is 76.8 Å². The largest absolute Gasteiger partial charge is 0.494 e. The minimum Gasteiger partial charge on any atom is -0.494 e. The Morgan fingerprint density at radius 3 is 2.08 bits per heavy atom. The lowest BCUT2D eigenvalue weighted by atomic mass is 10.1. The number of imidazole rings is 1. The summed E-state index contributed by atoms with van der Waals surface area (Å²) in [6.45, 7) is 7.05. The summed E-state index contributed by atoms with van der Waals surface area (Å²) in [5, 5.41) is 11.3. The standard InChI is InChI=1S/C28H37N5O4/c1-4-7-11-16-21-24(34)32(19-20-14-12-10-13-15-20)27-29-23-22(33(27)25(21)35)26(36)31(18-9-6-3)28(37)30(23)17-8-5-2/h10,12-15,34H,4-9,11,16-19H2,1-3H3. The molecule has 0 atom stereocenters. The van der Waals surface area contributed by atoms with Gasteiger partial charge in [0.05, 0.1) is 12.1 Å². The van der Waals surface area contributed by atoms with Crippen LogP contribution >= 0.6 is 0 Å². The fourth-order valence-corrected chi connectivity index (χ4v) is 4.80. The third kappa shape index (κ3) is 4.99. The molecule has 0 saturated carbocycles. The molecule has 3 heterocycles. The molecule has 1 aromatic carbocycles. The first-order valence-corrected chi connectivity index (χ1v) is 13.5. The monoisotopic (exact) mass is 507 g/mol. The average molecular weight is 508 g/mol. The predicted molar refractivity (Wildman–Crippen MR) is 146 cm³/mol. The quantitative estimate of drug-likeness (QED) is 0.291. The molecule has 9 heteroatoms. The molecule has 4 rings (SSSR count). The number of hydrogen-bond donors (Lipinski definition) is 1. The van der Waals surface area contributed by atoms with Gasteiger partial charge in [0.2, 0.25) is 11.7 Å². The smallest absolute Gasteiger partial charge is 0.332 e. The molecule has 0 fully saturated rings. The van der Waals surface area contributed by atoms with E-state index in [1.807, 2.05) is 44.2 Å². The molecule has 0 aliphatic heterocycles. The maximum Gasteiger partial charge on any atom is 0.332 e. The maximum atomic E-state index is 13.8. The summed E-state index contributed by atoms with van der Waals surface area (Å²) in [5.74, 6) is 0.0251. The van der Waals surface area contributed by atoms with Gasteiger partial charge < -0.3 is 5.11 Å². The Bertz CT molecular complexity index is 1560. The fourth-order valence-electron chi connectivity index (χ4n) is 4.80. The van der Waals surface area contributed by atoms with Gasteiger partial charge in [-0.15, -0.1) is 0 Å². The van der Waals surface area contributed by atoms with Crippen molar-refractivity contribution in [2.45, 2.75) is 91.8 Å². The molecule has 0 radical (unpaired) electrons. The Labute approximate surface area is 215 Å². The molecule has 0 aliphatic carbocycles. The van der Waals surface area contributed by atoms with Crippen LogP contribution in [0.15, 0.2) is 44.7 Å². The summed E-state index contributed by atoms with van der Waals surface area (Å²) < 4.78 is 5.66. The van der Waals surface area contributed by atoms with Gasteiger partial charge in [0, 0.05) is 13.1 Å². The Balaban J connectivity index is 2.11. The van der Waals surface area contributed by atoms with Gasteiger partial charge in [0.15, 0.2) is 11.2 Å². The van der Waals surface area contributed by atoms with Crippen LogP contribution in [0.2, 0.25) is 0 Å². The van der Waals surface area contributed by atoms with E-state index in [1.165, 1.54) is 13.5 Å². The van der Waals surface area contributed by atoms with Crippen LogP contribution in [0.1, 0.15) is 76.8 Å². The van der Waals surface area contributed by atoms with Gasteiger partial charge in [0.1, 0.15) is 0 Å². The third-order valence-electron chi connectivity index (χ3n) is 6.92. The van der Waals surface area contributed by atoms with Crippen molar-refractivity contribution >= 4 is 16.9 Å². The lowest BCUT2D eigenvalue weighted by Crippen LogP contribution is -2.41. The molecule has 0 aliphatic rings. The number of hydrogen-bond acceptors (Lipinski definition) is 5. The zero-order chi connectivity index (χ0) is 26.5. The molecule has 0 saturated heterocycles. The van der Waals surface area contributed by atoms with E-state index in [2.05, 4.69) is 11.9 Å². The Kier molecular flexibility index (Phi) is 8.31. The first kappa shape index (κ1) is 26.4. The highest BCUT2D eigenvalue weighted by Gasteiger charge is 2.25. The minimum absolute atomic E-state index is 0.102. The molecule has 0 unspecified atom stereocenters. The zero-order valence-electron chi connectivity index (χ0n) is 22.1. The lowest BCUT2D eigenvalue weighted by Gasteiger charge is -2.15. The summed E-state index contributed by atoms with van der Waals surface area (Å²) >= 11 is 0. The van der Waals surface area contributed by atoms with E-state index in [0.717, 1.165) is 44.1 Å². The minimum atomic E-state index is -0.512. The summed E-state index contributed by atoms with van der Waals surface area (Å²) in [6.07, 6.45) is 6.11. The van der Waals surface area contributed by atoms with E-state index < -0.39 is 16.8 Å².